The monoisotopic (exact) mass is 512 g/mol. The summed E-state index contributed by atoms with van der Waals surface area (Å²) in [5.74, 6) is 0.510. The lowest BCUT2D eigenvalue weighted by Gasteiger charge is -2.15. The molecule has 0 unspecified atom stereocenters. The van der Waals surface area contributed by atoms with Gasteiger partial charge in [0.25, 0.3) is 0 Å². The average Bonchev–Trinajstić information content (AvgIpc) is 3.65. The minimum atomic E-state index is 0.255. The van der Waals surface area contributed by atoms with E-state index in [1.165, 1.54) is 75.8 Å². The quantitative estimate of drug-likeness (QED) is 0.216. The van der Waals surface area contributed by atoms with E-state index in [9.17, 15) is 0 Å². The van der Waals surface area contributed by atoms with Crippen molar-refractivity contribution in [3.8, 4) is 22.3 Å². The summed E-state index contributed by atoms with van der Waals surface area (Å²) in [7, 11) is 0. The normalized spacial score (nSPS) is 13.9. The van der Waals surface area contributed by atoms with Crippen LogP contribution in [0.3, 0.4) is 0 Å². The van der Waals surface area contributed by atoms with E-state index in [-0.39, 0.29) is 11.8 Å². The first-order valence-corrected chi connectivity index (χ1v) is 14.5. The molecule has 0 atom stereocenters. The van der Waals surface area contributed by atoms with Crippen molar-refractivity contribution < 1.29 is 0 Å². The van der Waals surface area contributed by atoms with Crippen molar-refractivity contribution >= 4 is 31.5 Å². The zero-order chi connectivity index (χ0) is 25.5. The van der Waals surface area contributed by atoms with Gasteiger partial charge in [-0.05, 0) is 55.6 Å². The van der Waals surface area contributed by atoms with Gasteiger partial charge >= 0.3 is 0 Å². The van der Waals surface area contributed by atoms with Gasteiger partial charge in [0.05, 0.1) is 0 Å². The summed E-state index contributed by atoms with van der Waals surface area (Å²) >= 11 is 1.99. The summed E-state index contributed by atoms with van der Waals surface area (Å²) in [6, 6.07) is 49.8. The molecule has 0 saturated heterocycles. The van der Waals surface area contributed by atoms with Crippen LogP contribution in [0.1, 0.15) is 45.2 Å². The van der Waals surface area contributed by atoms with Crippen LogP contribution in [0.25, 0.3) is 42.4 Å². The molecule has 1 heteroatoms. The second-order valence-corrected chi connectivity index (χ2v) is 11.8. The van der Waals surface area contributed by atoms with Crippen LogP contribution in [0.4, 0.5) is 0 Å². The Balaban J connectivity index is 1.31. The average molecular weight is 513 g/mol. The lowest BCUT2D eigenvalue weighted by molar-refractivity contribution is 1.03. The van der Waals surface area contributed by atoms with E-state index in [1.54, 1.807) is 0 Å². The molecule has 9 rings (SSSR count). The largest absolute Gasteiger partial charge is 0.135 e. The molecular formula is C38H24S. The van der Waals surface area contributed by atoms with Gasteiger partial charge in [-0.1, -0.05) is 133 Å². The van der Waals surface area contributed by atoms with Crippen LogP contribution < -0.4 is 0 Å². The van der Waals surface area contributed by atoms with Gasteiger partial charge in [-0.2, -0.15) is 0 Å². The van der Waals surface area contributed by atoms with Gasteiger partial charge in [0.2, 0.25) is 0 Å². The third-order valence-corrected chi connectivity index (χ3v) is 10.2. The summed E-state index contributed by atoms with van der Waals surface area (Å²) in [5.41, 5.74) is 14.0. The lowest BCUT2D eigenvalue weighted by atomic mass is 9.87. The van der Waals surface area contributed by atoms with Crippen molar-refractivity contribution in [2.75, 3.05) is 0 Å². The fraction of sp³-hybridized carbons (Fsp3) is 0.0526. The Kier molecular flexibility index (Phi) is 4.42. The maximum atomic E-state index is 2.36. The maximum Gasteiger partial charge on any atom is 0.0397 e. The standard InChI is InChI=1S/C38H24S/c1-5-15-27-23(11-1)24-12-2-6-16-28(24)35(27)33-21-9-19-31-32-20-10-22-34(38(32)39-37(31)33)36-29-17-7-3-13-25(29)26-14-4-8-18-30(26)36/h1-22,35-36H. The van der Waals surface area contributed by atoms with E-state index in [0.717, 1.165) is 0 Å². The molecule has 2 aliphatic carbocycles. The van der Waals surface area contributed by atoms with Gasteiger partial charge in [-0.15, -0.1) is 11.3 Å². The molecule has 0 amide bonds. The van der Waals surface area contributed by atoms with Crippen molar-refractivity contribution in [1.82, 2.24) is 0 Å². The molecule has 2 aliphatic rings. The third-order valence-electron chi connectivity index (χ3n) is 8.87. The predicted molar refractivity (Wildman–Crippen MR) is 165 cm³/mol. The highest BCUT2D eigenvalue weighted by Crippen LogP contribution is 2.53. The second-order valence-electron chi connectivity index (χ2n) is 10.8. The molecule has 0 radical (unpaired) electrons. The molecule has 39 heavy (non-hydrogen) atoms. The minimum Gasteiger partial charge on any atom is -0.135 e. The Morgan fingerprint density at radius 1 is 0.308 bits per heavy atom. The van der Waals surface area contributed by atoms with Crippen molar-refractivity contribution in [2.24, 2.45) is 0 Å². The molecule has 0 saturated carbocycles. The Bertz CT molecular complexity index is 1850. The van der Waals surface area contributed by atoms with Crippen molar-refractivity contribution in [3.63, 3.8) is 0 Å². The minimum absolute atomic E-state index is 0.255. The Labute approximate surface area is 231 Å². The van der Waals surface area contributed by atoms with Gasteiger partial charge in [-0.3, -0.25) is 0 Å². The highest BCUT2D eigenvalue weighted by Gasteiger charge is 2.33. The highest BCUT2D eigenvalue weighted by molar-refractivity contribution is 7.26. The number of fused-ring (bicyclic) bond motifs is 9. The molecular weight excluding hydrogens is 488 g/mol. The molecule has 0 nitrogen and oxygen atoms in total. The molecule has 0 aliphatic heterocycles. The van der Waals surface area contributed by atoms with Gasteiger partial charge in [0.15, 0.2) is 0 Å². The summed E-state index contributed by atoms with van der Waals surface area (Å²) in [5, 5.41) is 2.74. The second kappa shape index (κ2) is 8.02. The molecule has 7 aromatic rings. The first-order chi connectivity index (χ1) is 19.4. The van der Waals surface area contributed by atoms with Gasteiger partial charge in [-0.25, -0.2) is 0 Å². The number of hydrogen-bond acceptors (Lipinski definition) is 1. The van der Waals surface area contributed by atoms with Gasteiger partial charge in [0, 0.05) is 32.0 Å². The van der Waals surface area contributed by atoms with E-state index >= 15 is 0 Å². The third kappa shape index (κ3) is 2.89. The molecule has 0 fully saturated rings. The van der Waals surface area contributed by atoms with Gasteiger partial charge in [0.1, 0.15) is 0 Å². The van der Waals surface area contributed by atoms with Crippen LogP contribution in [0.15, 0.2) is 133 Å². The Hall–Kier alpha value is -4.46. The molecule has 6 aromatic carbocycles. The highest BCUT2D eigenvalue weighted by atomic mass is 32.1. The van der Waals surface area contributed by atoms with Gasteiger partial charge < -0.3 is 0 Å². The summed E-state index contributed by atoms with van der Waals surface area (Å²) in [4.78, 5) is 0. The van der Waals surface area contributed by atoms with Crippen molar-refractivity contribution in [3.05, 3.63) is 167 Å². The molecule has 182 valence electrons. The number of benzene rings is 6. The molecule has 1 heterocycles. The number of rotatable bonds is 2. The van der Waals surface area contributed by atoms with Crippen LogP contribution in [0.2, 0.25) is 0 Å². The van der Waals surface area contributed by atoms with Crippen LogP contribution in [0, 0.1) is 0 Å². The Morgan fingerprint density at radius 2 is 0.615 bits per heavy atom. The first-order valence-electron chi connectivity index (χ1n) is 13.7. The van der Waals surface area contributed by atoms with Crippen molar-refractivity contribution in [1.29, 1.82) is 0 Å². The molecule has 0 bridgehead atoms. The topological polar surface area (TPSA) is 0 Å². The lowest BCUT2D eigenvalue weighted by Crippen LogP contribution is -1.99. The van der Waals surface area contributed by atoms with Crippen LogP contribution in [-0.4, -0.2) is 0 Å². The molecule has 0 spiro atoms. The maximum absolute atomic E-state index is 2.36. The van der Waals surface area contributed by atoms with E-state index in [2.05, 4.69) is 133 Å². The SMILES string of the molecule is c1ccc2c(c1)-c1ccccc1C2c1cccc2c1sc1c(C3c4ccccc4-c4ccccc43)cccc12. The fourth-order valence-electron chi connectivity index (χ4n) is 7.30. The fourth-order valence-corrected chi connectivity index (χ4v) is 8.69. The van der Waals surface area contributed by atoms with E-state index in [1.807, 2.05) is 11.3 Å². The summed E-state index contributed by atoms with van der Waals surface area (Å²) in [6.07, 6.45) is 0. The van der Waals surface area contributed by atoms with E-state index in [0.29, 0.717) is 0 Å². The van der Waals surface area contributed by atoms with Crippen LogP contribution >= 0.6 is 11.3 Å². The smallest absolute Gasteiger partial charge is 0.0397 e. The summed E-state index contributed by atoms with van der Waals surface area (Å²) in [6.45, 7) is 0. The zero-order valence-electron chi connectivity index (χ0n) is 21.3. The number of hydrogen-bond donors (Lipinski definition) is 0. The summed E-state index contributed by atoms with van der Waals surface area (Å²) < 4.78 is 2.83. The van der Waals surface area contributed by atoms with Crippen LogP contribution in [-0.2, 0) is 0 Å². The predicted octanol–water partition coefficient (Wildman–Crippen LogP) is 10.4. The molecule has 0 N–H and O–H groups in total. The first kappa shape index (κ1) is 21.5. The van der Waals surface area contributed by atoms with E-state index in [4.69, 9.17) is 0 Å². The Morgan fingerprint density at radius 3 is 0.974 bits per heavy atom. The van der Waals surface area contributed by atoms with Crippen molar-refractivity contribution in [2.45, 2.75) is 11.8 Å². The van der Waals surface area contributed by atoms with Crippen LogP contribution in [0.5, 0.6) is 0 Å². The number of thiophene rings is 1. The zero-order valence-corrected chi connectivity index (χ0v) is 22.1. The molecule has 1 aromatic heterocycles. The van der Waals surface area contributed by atoms with E-state index < -0.39 is 0 Å².